The molecule has 0 unspecified atom stereocenters. The average molecular weight is 327 g/mol. The number of aryl methyl sites for hydroxylation is 1. The Labute approximate surface area is 141 Å². The molecular formula is C18H21N3OS. The van der Waals surface area contributed by atoms with E-state index in [0.29, 0.717) is 11.8 Å². The number of hydrogen-bond donors (Lipinski definition) is 1. The number of nitrogens with two attached hydrogens (primary N) is 1. The van der Waals surface area contributed by atoms with Crippen molar-refractivity contribution in [3.05, 3.63) is 65.2 Å². The van der Waals surface area contributed by atoms with Gasteiger partial charge < -0.3 is 10.5 Å². The van der Waals surface area contributed by atoms with Crippen molar-refractivity contribution in [3.63, 3.8) is 0 Å². The molecule has 5 heteroatoms. The molecule has 2 rings (SSSR count). The summed E-state index contributed by atoms with van der Waals surface area (Å²) in [4.78, 5) is 0. The van der Waals surface area contributed by atoms with Crippen molar-refractivity contribution in [3.8, 4) is 5.75 Å². The highest BCUT2D eigenvalue weighted by Crippen LogP contribution is 2.18. The van der Waals surface area contributed by atoms with Crippen LogP contribution in [0.1, 0.15) is 23.6 Å². The molecule has 23 heavy (non-hydrogen) atoms. The maximum atomic E-state index is 5.86. The summed E-state index contributed by atoms with van der Waals surface area (Å²) in [6.07, 6.45) is 1.68. The van der Waals surface area contributed by atoms with Crippen molar-refractivity contribution in [1.29, 1.82) is 0 Å². The molecule has 2 aromatic carbocycles. The van der Waals surface area contributed by atoms with Crippen molar-refractivity contribution in [2.24, 2.45) is 15.9 Å². The molecule has 0 spiro atoms. The first-order valence-corrected chi connectivity index (χ1v) is 8.44. The molecule has 0 bridgehead atoms. The molecule has 0 aromatic heterocycles. The van der Waals surface area contributed by atoms with Gasteiger partial charge in [0.1, 0.15) is 5.75 Å². The van der Waals surface area contributed by atoms with Gasteiger partial charge in [-0.1, -0.05) is 54.2 Å². The molecule has 0 fully saturated rings. The summed E-state index contributed by atoms with van der Waals surface area (Å²) in [5.74, 6) is 1.65. The van der Waals surface area contributed by atoms with E-state index in [1.165, 1.54) is 17.3 Å². The first kappa shape index (κ1) is 17.1. The fourth-order valence-electron chi connectivity index (χ4n) is 1.92. The zero-order chi connectivity index (χ0) is 16.5. The van der Waals surface area contributed by atoms with Crippen LogP contribution in [0.4, 0.5) is 0 Å². The molecule has 0 atom stereocenters. The number of ether oxygens (including phenoxy) is 1. The fraction of sp³-hybridized carbons (Fsp3) is 0.222. The SMILES string of the molecule is CCOc1cc(C=NN=C(N)SCc2ccccc2)ccc1C. The minimum Gasteiger partial charge on any atom is -0.494 e. The van der Waals surface area contributed by atoms with Crippen LogP contribution in [0, 0.1) is 6.92 Å². The molecule has 0 heterocycles. The van der Waals surface area contributed by atoms with E-state index in [4.69, 9.17) is 10.5 Å². The van der Waals surface area contributed by atoms with Crippen molar-refractivity contribution in [2.75, 3.05) is 6.61 Å². The Morgan fingerprint density at radius 2 is 2.00 bits per heavy atom. The minimum atomic E-state index is 0.447. The van der Waals surface area contributed by atoms with E-state index >= 15 is 0 Å². The van der Waals surface area contributed by atoms with Crippen molar-refractivity contribution in [2.45, 2.75) is 19.6 Å². The van der Waals surface area contributed by atoms with E-state index in [-0.39, 0.29) is 0 Å². The summed E-state index contributed by atoms with van der Waals surface area (Å²) in [6.45, 7) is 4.63. The summed E-state index contributed by atoms with van der Waals surface area (Å²) in [5, 5.41) is 8.51. The molecule has 120 valence electrons. The topological polar surface area (TPSA) is 60.0 Å². The maximum Gasteiger partial charge on any atom is 0.180 e. The van der Waals surface area contributed by atoms with E-state index in [9.17, 15) is 0 Å². The Bertz CT molecular complexity index is 684. The van der Waals surface area contributed by atoms with Crippen LogP contribution in [0.2, 0.25) is 0 Å². The van der Waals surface area contributed by atoms with Gasteiger partial charge in [-0.3, -0.25) is 0 Å². The van der Waals surface area contributed by atoms with Gasteiger partial charge in [-0.2, -0.15) is 5.10 Å². The van der Waals surface area contributed by atoms with Crippen LogP contribution in [0.5, 0.6) is 5.75 Å². The third kappa shape index (κ3) is 5.79. The molecule has 0 radical (unpaired) electrons. The lowest BCUT2D eigenvalue weighted by Crippen LogP contribution is -2.06. The summed E-state index contributed by atoms with van der Waals surface area (Å²) >= 11 is 1.47. The number of nitrogens with zero attached hydrogens (tertiary/aromatic N) is 2. The van der Waals surface area contributed by atoms with Gasteiger partial charge in [0.2, 0.25) is 0 Å². The minimum absolute atomic E-state index is 0.447. The number of benzene rings is 2. The predicted molar refractivity (Wildman–Crippen MR) is 99.3 cm³/mol. The zero-order valence-corrected chi connectivity index (χ0v) is 14.2. The van der Waals surface area contributed by atoms with Gasteiger partial charge in [0.15, 0.2) is 5.17 Å². The molecule has 0 saturated heterocycles. The van der Waals surface area contributed by atoms with E-state index in [1.54, 1.807) is 6.21 Å². The van der Waals surface area contributed by atoms with Crippen LogP contribution < -0.4 is 10.5 Å². The lowest BCUT2D eigenvalue weighted by Gasteiger charge is -2.06. The highest BCUT2D eigenvalue weighted by atomic mass is 32.2. The van der Waals surface area contributed by atoms with Gasteiger partial charge in [-0.15, -0.1) is 5.10 Å². The highest BCUT2D eigenvalue weighted by Gasteiger charge is 1.99. The van der Waals surface area contributed by atoms with Gasteiger partial charge in [-0.05, 0) is 36.6 Å². The number of hydrogen-bond acceptors (Lipinski definition) is 4. The molecular weight excluding hydrogens is 306 g/mol. The van der Waals surface area contributed by atoms with Crippen LogP contribution in [-0.2, 0) is 5.75 Å². The lowest BCUT2D eigenvalue weighted by atomic mass is 10.1. The monoisotopic (exact) mass is 327 g/mol. The third-order valence-corrected chi connectivity index (χ3v) is 3.96. The van der Waals surface area contributed by atoms with Crippen LogP contribution in [-0.4, -0.2) is 18.0 Å². The van der Waals surface area contributed by atoms with Crippen molar-refractivity contribution < 1.29 is 4.74 Å². The summed E-state index contributed by atoms with van der Waals surface area (Å²) in [6, 6.07) is 16.1. The van der Waals surface area contributed by atoms with Crippen LogP contribution in [0.15, 0.2) is 58.7 Å². The van der Waals surface area contributed by atoms with Crippen LogP contribution in [0.3, 0.4) is 0 Å². The van der Waals surface area contributed by atoms with Crippen molar-refractivity contribution in [1.82, 2.24) is 0 Å². The second-order valence-corrected chi connectivity index (χ2v) is 5.91. The molecule has 0 saturated carbocycles. The zero-order valence-electron chi connectivity index (χ0n) is 13.4. The molecule has 0 aliphatic heterocycles. The third-order valence-electron chi connectivity index (χ3n) is 3.10. The second-order valence-electron chi connectivity index (χ2n) is 4.92. The molecule has 0 aliphatic rings. The van der Waals surface area contributed by atoms with E-state index in [2.05, 4.69) is 22.3 Å². The summed E-state index contributed by atoms with van der Waals surface area (Å²) in [7, 11) is 0. The van der Waals surface area contributed by atoms with Gasteiger partial charge in [-0.25, -0.2) is 0 Å². The number of amidine groups is 1. The standard InChI is InChI=1S/C18H21N3OS/c1-3-22-17-11-16(10-9-14(17)2)12-20-21-18(19)23-13-15-7-5-4-6-8-15/h4-12H,3,13H2,1-2H3,(H2,19,21). The van der Waals surface area contributed by atoms with E-state index < -0.39 is 0 Å². The van der Waals surface area contributed by atoms with Gasteiger partial charge >= 0.3 is 0 Å². The first-order chi connectivity index (χ1) is 11.2. The van der Waals surface area contributed by atoms with Crippen LogP contribution in [0.25, 0.3) is 0 Å². The van der Waals surface area contributed by atoms with Crippen molar-refractivity contribution >= 4 is 23.1 Å². The summed E-state index contributed by atoms with van der Waals surface area (Å²) in [5.41, 5.74) is 9.11. The predicted octanol–water partition coefficient (Wildman–Crippen LogP) is 3.98. The average Bonchev–Trinajstić information content (AvgIpc) is 2.57. The maximum absolute atomic E-state index is 5.86. The molecule has 4 nitrogen and oxygen atoms in total. The first-order valence-electron chi connectivity index (χ1n) is 7.45. The van der Waals surface area contributed by atoms with Gasteiger partial charge in [0, 0.05) is 5.75 Å². The van der Waals surface area contributed by atoms with Gasteiger partial charge in [0.05, 0.1) is 12.8 Å². The van der Waals surface area contributed by atoms with E-state index in [1.807, 2.05) is 50.2 Å². The van der Waals surface area contributed by atoms with Crippen LogP contribution >= 0.6 is 11.8 Å². The quantitative estimate of drug-likeness (QED) is 0.496. The summed E-state index contributed by atoms with van der Waals surface area (Å²) < 4.78 is 5.57. The Kier molecular flexibility index (Phi) is 6.69. The fourth-order valence-corrected chi connectivity index (χ4v) is 2.53. The Balaban J connectivity index is 1.93. The normalized spacial score (nSPS) is 11.8. The molecule has 2 N–H and O–H groups in total. The number of thioether (sulfide) groups is 1. The Morgan fingerprint density at radius 1 is 1.22 bits per heavy atom. The molecule has 0 amide bonds. The van der Waals surface area contributed by atoms with E-state index in [0.717, 1.165) is 22.6 Å². The highest BCUT2D eigenvalue weighted by molar-refractivity contribution is 8.13. The largest absolute Gasteiger partial charge is 0.494 e. The van der Waals surface area contributed by atoms with Gasteiger partial charge in [0.25, 0.3) is 0 Å². The molecule has 2 aromatic rings. The number of rotatable bonds is 6. The second kappa shape index (κ2) is 9.00. The Morgan fingerprint density at radius 3 is 2.74 bits per heavy atom. The Hall–Kier alpha value is -2.27. The smallest absolute Gasteiger partial charge is 0.180 e. The lowest BCUT2D eigenvalue weighted by molar-refractivity contribution is 0.338. The molecule has 0 aliphatic carbocycles.